The summed E-state index contributed by atoms with van der Waals surface area (Å²) in [6.45, 7) is 1.32. The molecule has 2 aromatic rings. The average molecular weight is 410 g/mol. The topological polar surface area (TPSA) is 140 Å². The van der Waals surface area contributed by atoms with E-state index in [1.807, 2.05) is 0 Å². The summed E-state index contributed by atoms with van der Waals surface area (Å²) >= 11 is 2.73. The predicted molar refractivity (Wildman–Crippen MR) is 104 cm³/mol. The van der Waals surface area contributed by atoms with Crippen LogP contribution in [0.15, 0.2) is 16.5 Å². The number of hydrogen-bond donors (Lipinski definition) is 4. The maximum atomic E-state index is 11.6. The van der Waals surface area contributed by atoms with Crippen LogP contribution < -0.4 is 20.4 Å². The lowest BCUT2D eigenvalue weighted by molar-refractivity contribution is 0.0690. The number of carboxylic acids is 1. The van der Waals surface area contributed by atoms with E-state index in [0.29, 0.717) is 28.0 Å². The van der Waals surface area contributed by atoms with Crippen LogP contribution in [0.4, 0.5) is 5.13 Å². The number of nitrogens with two attached hydrogens (primary N) is 1. The number of aromatic carboxylic acids is 1. The van der Waals surface area contributed by atoms with Gasteiger partial charge in [-0.15, -0.1) is 10.2 Å². The maximum Gasteiger partial charge on any atom is 0.537 e. The quantitative estimate of drug-likeness (QED) is 0.370. The fraction of sp³-hybridized carbons (Fsp3) is 0.400. The zero-order chi connectivity index (χ0) is 19.4. The van der Waals surface area contributed by atoms with Gasteiger partial charge in [-0.05, 0) is 31.0 Å². The summed E-state index contributed by atoms with van der Waals surface area (Å²) in [6, 6.07) is 3.34. The van der Waals surface area contributed by atoms with Crippen molar-refractivity contribution in [2.45, 2.75) is 22.3 Å². The van der Waals surface area contributed by atoms with E-state index in [2.05, 4.69) is 15.5 Å². The summed E-state index contributed by atoms with van der Waals surface area (Å²) in [5, 5.41) is 31.5. The van der Waals surface area contributed by atoms with Gasteiger partial charge >= 0.3 is 13.1 Å². The van der Waals surface area contributed by atoms with Gasteiger partial charge in [0, 0.05) is 6.54 Å². The third-order valence-electron chi connectivity index (χ3n) is 3.93. The van der Waals surface area contributed by atoms with Crippen molar-refractivity contribution in [3.8, 4) is 11.5 Å². The van der Waals surface area contributed by atoms with Crippen molar-refractivity contribution in [2.75, 3.05) is 25.5 Å². The number of carbonyl (C=O) groups is 1. The minimum atomic E-state index is -1.18. The number of hydrogen-bond acceptors (Lipinski definition) is 10. The van der Waals surface area contributed by atoms with Crippen LogP contribution in [0, 0.1) is 0 Å². The van der Waals surface area contributed by atoms with E-state index in [0.717, 1.165) is 13.0 Å². The molecule has 1 aliphatic heterocycles. The van der Waals surface area contributed by atoms with E-state index >= 15 is 0 Å². The standard InChI is InChI=1S/C15H19BN4O5S2/c1-24-9-4-3-8-7-10(16(23)25-12(8)11(9)13(21)22)26-15-20-19-14(27-15)18-6-2-5-17/h3-4,10,23H,2,5-7,17H2,1H3,(H,18,19)(H,21,22)/t10-/m0/s1. The van der Waals surface area contributed by atoms with Gasteiger partial charge in [-0.25, -0.2) is 4.79 Å². The molecule has 1 aromatic carbocycles. The summed E-state index contributed by atoms with van der Waals surface area (Å²) in [7, 11) is 0.214. The van der Waals surface area contributed by atoms with Gasteiger partial charge in [-0.3, -0.25) is 0 Å². The molecule has 0 spiro atoms. The van der Waals surface area contributed by atoms with Gasteiger partial charge in [-0.2, -0.15) is 0 Å². The summed E-state index contributed by atoms with van der Waals surface area (Å²) in [5.41, 5.74) is 6.07. The fourth-order valence-electron chi connectivity index (χ4n) is 2.65. The first-order valence-electron chi connectivity index (χ1n) is 8.25. The molecule has 1 atom stereocenters. The highest BCUT2D eigenvalue weighted by molar-refractivity contribution is 8.02. The summed E-state index contributed by atoms with van der Waals surface area (Å²) < 4.78 is 11.3. The number of aromatic nitrogens is 2. The molecule has 3 rings (SSSR count). The van der Waals surface area contributed by atoms with E-state index in [9.17, 15) is 14.9 Å². The van der Waals surface area contributed by atoms with Gasteiger partial charge in [0.05, 0.1) is 12.3 Å². The first-order valence-corrected chi connectivity index (χ1v) is 9.95. The molecule has 1 aromatic heterocycles. The highest BCUT2D eigenvalue weighted by Crippen LogP contribution is 2.40. The third kappa shape index (κ3) is 4.46. The Morgan fingerprint density at radius 2 is 2.37 bits per heavy atom. The number of ether oxygens (including phenoxy) is 1. The molecule has 1 aliphatic rings. The SMILES string of the molecule is COc1ccc2c(c1C(=O)O)OB(O)[C@@H](Sc1nnc(NCCCN)s1)C2. The van der Waals surface area contributed by atoms with Crippen LogP contribution in [0.25, 0.3) is 0 Å². The molecule has 5 N–H and O–H groups in total. The Bertz CT molecular complexity index is 822. The van der Waals surface area contributed by atoms with Gasteiger partial charge < -0.3 is 30.6 Å². The van der Waals surface area contributed by atoms with Crippen molar-refractivity contribution in [3.05, 3.63) is 23.3 Å². The van der Waals surface area contributed by atoms with Crippen molar-refractivity contribution in [2.24, 2.45) is 5.73 Å². The van der Waals surface area contributed by atoms with Crippen molar-refractivity contribution in [3.63, 3.8) is 0 Å². The smallest absolute Gasteiger partial charge is 0.534 e. The van der Waals surface area contributed by atoms with Crippen LogP contribution >= 0.6 is 23.1 Å². The zero-order valence-corrected chi connectivity index (χ0v) is 16.2. The molecule has 0 bridgehead atoms. The molecule has 27 heavy (non-hydrogen) atoms. The molecular weight excluding hydrogens is 391 g/mol. The number of benzene rings is 1. The number of rotatable bonds is 8. The molecule has 0 amide bonds. The summed E-state index contributed by atoms with van der Waals surface area (Å²) in [6.07, 6.45) is 1.27. The first kappa shape index (κ1) is 19.7. The monoisotopic (exact) mass is 410 g/mol. The average Bonchev–Trinajstić information content (AvgIpc) is 3.09. The normalized spacial score (nSPS) is 15.8. The van der Waals surface area contributed by atoms with E-state index in [1.165, 1.54) is 30.2 Å². The molecule has 144 valence electrons. The minimum Gasteiger partial charge on any atom is -0.534 e. The lowest BCUT2D eigenvalue weighted by Crippen LogP contribution is -2.40. The highest BCUT2D eigenvalue weighted by Gasteiger charge is 2.39. The van der Waals surface area contributed by atoms with Gasteiger partial charge in [-0.1, -0.05) is 29.2 Å². The number of carboxylic acid groups (broad SMARTS) is 1. The first-order chi connectivity index (χ1) is 13.0. The molecule has 0 aliphatic carbocycles. The Balaban J connectivity index is 1.74. The van der Waals surface area contributed by atoms with Gasteiger partial charge in [0.25, 0.3) is 0 Å². The lowest BCUT2D eigenvalue weighted by Gasteiger charge is -2.27. The van der Waals surface area contributed by atoms with E-state index in [-0.39, 0.29) is 22.2 Å². The maximum absolute atomic E-state index is 11.6. The molecule has 0 saturated heterocycles. The van der Waals surface area contributed by atoms with Crippen molar-refractivity contribution >= 4 is 41.3 Å². The van der Waals surface area contributed by atoms with Crippen LogP contribution in [0.3, 0.4) is 0 Å². The summed E-state index contributed by atoms with van der Waals surface area (Å²) in [5.74, 6) is -0.830. The molecule has 0 saturated carbocycles. The number of anilines is 1. The van der Waals surface area contributed by atoms with Crippen molar-refractivity contribution < 1.29 is 24.3 Å². The van der Waals surface area contributed by atoms with Crippen LogP contribution in [-0.4, -0.2) is 58.8 Å². The Hall–Kier alpha value is -2.02. The van der Waals surface area contributed by atoms with Gasteiger partial charge in [0.15, 0.2) is 4.34 Å². The van der Waals surface area contributed by atoms with E-state index in [4.69, 9.17) is 15.1 Å². The summed E-state index contributed by atoms with van der Waals surface area (Å²) in [4.78, 5) is 11.6. The van der Waals surface area contributed by atoms with Crippen molar-refractivity contribution in [1.82, 2.24) is 10.2 Å². The van der Waals surface area contributed by atoms with E-state index in [1.54, 1.807) is 12.1 Å². The van der Waals surface area contributed by atoms with E-state index < -0.39 is 13.1 Å². The second-order valence-electron chi connectivity index (χ2n) is 5.75. The molecule has 0 fully saturated rings. The number of nitrogens with one attached hydrogen (secondary N) is 1. The Morgan fingerprint density at radius 3 is 3.07 bits per heavy atom. The number of nitrogens with zero attached hydrogens (tertiary/aromatic N) is 2. The number of fused-ring (bicyclic) bond motifs is 1. The van der Waals surface area contributed by atoms with Crippen LogP contribution in [-0.2, 0) is 6.42 Å². The van der Waals surface area contributed by atoms with Crippen LogP contribution in [0.5, 0.6) is 11.5 Å². The lowest BCUT2D eigenvalue weighted by atomic mass is 9.77. The Labute approximate surface area is 164 Å². The Morgan fingerprint density at radius 1 is 1.56 bits per heavy atom. The minimum absolute atomic E-state index is 0.0835. The molecule has 9 nitrogen and oxygen atoms in total. The molecule has 12 heteroatoms. The second-order valence-corrected chi connectivity index (χ2v) is 8.21. The molecule has 0 radical (unpaired) electrons. The van der Waals surface area contributed by atoms with Crippen LogP contribution in [0.1, 0.15) is 22.3 Å². The number of thioether (sulfide) groups is 1. The third-order valence-corrected chi connectivity index (χ3v) is 6.13. The molecule has 0 unspecified atom stereocenters. The zero-order valence-electron chi connectivity index (χ0n) is 14.5. The van der Waals surface area contributed by atoms with Gasteiger partial charge in [0.2, 0.25) is 5.13 Å². The Kier molecular flexibility index (Phi) is 6.42. The van der Waals surface area contributed by atoms with Gasteiger partial charge in [0.1, 0.15) is 17.1 Å². The van der Waals surface area contributed by atoms with Crippen LogP contribution in [0.2, 0.25) is 0 Å². The fourth-order valence-corrected chi connectivity index (χ4v) is 4.73. The molecule has 2 heterocycles. The highest BCUT2D eigenvalue weighted by atomic mass is 32.2. The largest absolute Gasteiger partial charge is 0.537 e. The second kappa shape index (κ2) is 8.78. The number of methoxy groups -OCH3 is 1. The molecular formula is C15H19BN4O5S2. The van der Waals surface area contributed by atoms with Crippen molar-refractivity contribution in [1.29, 1.82) is 0 Å². The predicted octanol–water partition coefficient (Wildman–Crippen LogP) is 1.12.